The second kappa shape index (κ2) is 9.18. The van der Waals surface area contributed by atoms with Crippen molar-refractivity contribution in [1.82, 2.24) is 14.8 Å². The first-order valence-electron chi connectivity index (χ1n) is 9.40. The Balaban J connectivity index is 1.79. The number of rotatable bonds is 7. The van der Waals surface area contributed by atoms with Crippen LogP contribution in [0.2, 0.25) is 0 Å². The van der Waals surface area contributed by atoms with Gasteiger partial charge in [-0.1, -0.05) is 36.0 Å². The molecular formula is C23H19F2N3O2S. The highest BCUT2D eigenvalue weighted by Crippen LogP contribution is 2.34. The first-order valence-corrected chi connectivity index (χ1v) is 10.4. The van der Waals surface area contributed by atoms with Gasteiger partial charge in [0.15, 0.2) is 11.0 Å². The molecule has 158 valence electrons. The number of hydrogen-bond acceptors (Lipinski definition) is 5. The molecule has 1 heterocycles. The molecule has 0 saturated heterocycles. The molecule has 4 rings (SSSR count). The Labute approximate surface area is 182 Å². The van der Waals surface area contributed by atoms with Crippen LogP contribution in [-0.2, 0) is 5.75 Å². The summed E-state index contributed by atoms with van der Waals surface area (Å²) in [6, 6.07) is 18.8. The number of thioether (sulfide) groups is 1. The number of aromatic nitrogens is 3. The van der Waals surface area contributed by atoms with Gasteiger partial charge < -0.3 is 9.47 Å². The average molecular weight is 439 g/mol. The van der Waals surface area contributed by atoms with Gasteiger partial charge in [0.05, 0.1) is 14.2 Å². The molecule has 0 atom stereocenters. The van der Waals surface area contributed by atoms with Crippen LogP contribution in [0.15, 0.2) is 71.9 Å². The van der Waals surface area contributed by atoms with E-state index in [9.17, 15) is 8.78 Å². The Kier molecular flexibility index (Phi) is 6.18. The molecule has 0 radical (unpaired) electrons. The van der Waals surface area contributed by atoms with Gasteiger partial charge in [-0.2, -0.15) is 0 Å². The second-order valence-corrected chi connectivity index (χ2v) is 7.51. The Bertz CT molecular complexity index is 1160. The summed E-state index contributed by atoms with van der Waals surface area (Å²) in [7, 11) is 3.15. The van der Waals surface area contributed by atoms with Gasteiger partial charge in [0, 0.05) is 28.6 Å². The fraction of sp³-hybridized carbons (Fsp3) is 0.130. The van der Waals surface area contributed by atoms with E-state index < -0.39 is 11.6 Å². The molecule has 0 aliphatic rings. The van der Waals surface area contributed by atoms with Crippen molar-refractivity contribution >= 4 is 11.8 Å². The number of methoxy groups -OCH3 is 2. The zero-order valence-electron chi connectivity index (χ0n) is 16.9. The number of para-hydroxylation sites is 1. The SMILES string of the molecule is COc1cc(OC)cc(-c2nnc(SCc3c(F)cccc3F)n2-c2ccccc2)c1. The van der Waals surface area contributed by atoms with Crippen LogP contribution in [0.25, 0.3) is 17.1 Å². The average Bonchev–Trinajstić information content (AvgIpc) is 3.23. The molecule has 0 fully saturated rings. The van der Waals surface area contributed by atoms with Gasteiger partial charge in [-0.25, -0.2) is 8.78 Å². The van der Waals surface area contributed by atoms with Gasteiger partial charge >= 0.3 is 0 Å². The van der Waals surface area contributed by atoms with E-state index >= 15 is 0 Å². The summed E-state index contributed by atoms with van der Waals surface area (Å²) in [6.45, 7) is 0. The fourth-order valence-corrected chi connectivity index (χ4v) is 4.07. The molecule has 0 aliphatic heterocycles. The van der Waals surface area contributed by atoms with Crippen molar-refractivity contribution in [2.45, 2.75) is 10.9 Å². The van der Waals surface area contributed by atoms with Crippen molar-refractivity contribution in [3.8, 4) is 28.6 Å². The standard InChI is InChI=1S/C23H19F2N3O2S/c1-29-17-11-15(12-18(13-17)30-2)22-26-27-23(28(22)16-7-4-3-5-8-16)31-14-19-20(24)9-6-10-21(19)25/h3-13H,14H2,1-2H3. The third kappa shape index (κ3) is 4.39. The Morgan fingerprint density at radius 3 is 2.10 bits per heavy atom. The summed E-state index contributed by atoms with van der Waals surface area (Å²) in [5.41, 5.74) is 1.55. The maximum atomic E-state index is 14.1. The molecule has 4 aromatic rings. The van der Waals surface area contributed by atoms with Crippen LogP contribution in [0.3, 0.4) is 0 Å². The highest BCUT2D eigenvalue weighted by atomic mass is 32.2. The maximum Gasteiger partial charge on any atom is 0.196 e. The second-order valence-electron chi connectivity index (χ2n) is 6.57. The Hall–Kier alpha value is -3.39. The fourth-order valence-electron chi connectivity index (χ4n) is 3.10. The summed E-state index contributed by atoms with van der Waals surface area (Å²) in [4.78, 5) is 0. The molecule has 0 bridgehead atoms. The van der Waals surface area contributed by atoms with E-state index in [1.807, 2.05) is 47.0 Å². The number of hydrogen-bond donors (Lipinski definition) is 0. The smallest absolute Gasteiger partial charge is 0.196 e. The molecular weight excluding hydrogens is 420 g/mol. The van der Waals surface area contributed by atoms with Crippen LogP contribution in [0.1, 0.15) is 5.56 Å². The van der Waals surface area contributed by atoms with Crippen molar-refractivity contribution < 1.29 is 18.3 Å². The Morgan fingerprint density at radius 1 is 0.839 bits per heavy atom. The monoisotopic (exact) mass is 439 g/mol. The maximum absolute atomic E-state index is 14.1. The lowest BCUT2D eigenvalue weighted by molar-refractivity contribution is 0.394. The molecule has 0 N–H and O–H groups in total. The third-order valence-corrected chi connectivity index (χ3v) is 5.62. The van der Waals surface area contributed by atoms with E-state index in [1.54, 1.807) is 20.3 Å². The molecule has 8 heteroatoms. The predicted molar refractivity (Wildman–Crippen MR) is 116 cm³/mol. The summed E-state index contributed by atoms with van der Waals surface area (Å²) in [5.74, 6) is 0.677. The van der Waals surface area contributed by atoms with Crippen molar-refractivity contribution in [3.63, 3.8) is 0 Å². The van der Waals surface area contributed by atoms with E-state index in [2.05, 4.69) is 10.2 Å². The van der Waals surface area contributed by atoms with Crippen LogP contribution in [0.5, 0.6) is 11.5 Å². The number of ether oxygens (including phenoxy) is 2. The lowest BCUT2D eigenvalue weighted by atomic mass is 10.2. The van der Waals surface area contributed by atoms with Gasteiger partial charge in [0.2, 0.25) is 0 Å². The molecule has 31 heavy (non-hydrogen) atoms. The molecule has 0 amide bonds. The summed E-state index contributed by atoms with van der Waals surface area (Å²) in [6.07, 6.45) is 0. The van der Waals surface area contributed by atoms with E-state index in [-0.39, 0.29) is 11.3 Å². The summed E-state index contributed by atoms with van der Waals surface area (Å²) in [5, 5.41) is 9.17. The lowest BCUT2D eigenvalue weighted by Gasteiger charge is -2.12. The molecule has 0 aliphatic carbocycles. The van der Waals surface area contributed by atoms with Crippen molar-refractivity contribution in [2.24, 2.45) is 0 Å². The first kappa shape index (κ1) is 20.9. The number of benzene rings is 3. The van der Waals surface area contributed by atoms with Gasteiger partial charge in [0.25, 0.3) is 0 Å². The third-order valence-electron chi connectivity index (χ3n) is 4.66. The minimum absolute atomic E-state index is 0.000267. The minimum Gasteiger partial charge on any atom is -0.497 e. The van der Waals surface area contributed by atoms with Crippen LogP contribution < -0.4 is 9.47 Å². The molecule has 0 unspecified atom stereocenters. The van der Waals surface area contributed by atoms with Crippen LogP contribution >= 0.6 is 11.8 Å². The van der Waals surface area contributed by atoms with Gasteiger partial charge in [-0.3, -0.25) is 4.57 Å². The highest BCUT2D eigenvalue weighted by Gasteiger charge is 2.19. The molecule has 1 aromatic heterocycles. The van der Waals surface area contributed by atoms with Crippen LogP contribution in [0, 0.1) is 11.6 Å². The zero-order chi connectivity index (χ0) is 21.8. The quantitative estimate of drug-likeness (QED) is 0.355. The molecule has 0 spiro atoms. The van der Waals surface area contributed by atoms with E-state index in [4.69, 9.17) is 9.47 Å². The van der Waals surface area contributed by atoms with E-state index in [0.717, 1.165) is 11.3 Å². The molecule has 5 nitrogen and oxygen atoms in total. The minimum atomic E-state index is -0.587. The van der Waals surface area contributed by atoms with Crippen molar-refractivity contribution in [3.05, 3.63) is 83.9 Å². The molecule has 0 saturated carbocycles. The van der Waals surface area contributed by atoms with Gasteiger partial charge in [0.1, 0.15) is 23.1 Å². The van der Waals surface area contributed by atoms with Gasteiger partial charge in [-0.05, 0) is 36.4 Å². The largest absolute Gasteiger partial charge is 0.497 e. The number of halogens is 2. The topological polar surface area (TPSA) is 49.2 Å². The first-order chi connectivity index (χ1) is 15.1. The zero-order valence-corrected chi connectivity index (χ0v) is 17.7. The number of nitrogens with zero attached hydrogens (tertiary/aromatic N) is 3. The highest BCUT2D eigenvalue weighted by molar-refractivity contribution is 7.98. The lowest BCUT2D eigenvalue weighted by Crippen LogP contribution is -2.01. The van der Waals surface area contributed by atoms with Crippen molar-refractivity contribution in [2.75, 3.05) is 14.2 Å². The normalized spacial score (nSPS) is 10.8. The van der Waals surface area contributed by atoms with Crippen molar-refractivity contribution in [1.29, 1.82) is 0 Å². The summed E-state index contributed by atoms with van der Waals surface area (Å²) >= 11 is 1.21. The molecule has 3 aromatic carbocycles. The van der Waals surface area contributed by atoms with Gasteiger partial charge in [-0.15, -0.1) is 10.2 Å². The van der Waals surface area contributed by atoms with E-state index in [1.165, 1.54) is 30.0 Å². The van der Waals surface area contributed by atoms with Crippen LogP contribution in [-0.4, -0.2) is 29.0 Å². The van der Waals surface area contributed by atoms with Crippen LogP contribution in [0.4, 0.5) is 8.78 Å². The predicted octanol–water partition coefficient (Wildman–Crippen LogP) is 5.52. The van der Waals surface area contributed by atoms with E-state index in [0.29, 0.717) is 22.5 Å². The Morgan fingerprint density at radius 2 is 1.48 bits per heavy atom. The summed E-state index contributed by atoms with van der Waals surface area (Å²) < 4.78 is 40.8.